The number of pyridine rings is 2. The summed E-state index contributed by atoms with van der Waals surface area (Å²) >= 11 is 5.74. The van der Waals surface area contributed by atoms with E-state index in [0.29, 0.717) is 23.3 Å². The molecule has 0 aliphatic carbocycles. The molecule has 0 aliphatic rings. The van der Waals surface area contributed by atoms with Crippen LogP contribution in [-0.2, 0) is 6.54 Å². The summed E-state index contributed by atoms with van der Waals surface area (Å²) in [7, 11) is 3.45. The van der Waals surface area contributed by atoms with Gasteiger partial charge in [-0.05, 0) is 17.7 Å². The third-order valence-electron chi connectivity index (χ3n) is 2.88. The van der Waals surface area contributed by atoms with Crippen molar-refractivity contribution in [2.45, 2.75) is 6.54 Å². The largest absolute Gasteiger partial charge is 0.373 e. The van der Waals surface area contributed by atoms with Crippen molar-refractivity contribution in [2.24, 2.45) is 0 Å². The highest BCUT2D eigenvalue weighted by molar-refractivity contribution is 6.29. The van der Waals surface area contributed by atoms with Gasteiger partial charge in [-0.25, -0.2) is 9.97 Å². The molecular formula is C13H14ClN5O2. The lowest BCUT2D eigenvalue weighted by Crippen LogP contribution is -2.19. The van der Waals surface area contributed by atoms with Crippen LogP contribution in [0.15, 0.2) is 30.5 Å². The van der Waals surface area contributed by atoms with Gasteiger partial charge in [-0.15, -0.1) is 0 Å². The standard InChI is InChI=1S/C13H14ClN5O2/c1-15-12-6-4-10(19(20)21)13(17-12)18(2)8-9-3-5-11(14)16-7-9/h3-7H,8H2,1-2H3,(H,15,17). The summed E-state index contributed by atoms with van der Waals surface area (Å²) in [6.07, 6.45) is 1.63. The average molecular weight is 308 g/mol. The normalized spacial score (nSPS) is 10.2. The Morgan fingerprint density at radius 2 is 2.14 bits per heavy atom. The second-order valence-electron chi connectivity index (χ2n) is 4.39. The summed E-state index contributed by atoms with van der Waals surface area (Å²) in [6, 6.07) is 6.50. The lowest BCUT2D eigenvalue weighted by atomic mass is 10.2. The Morgan fingerprint density at radius 1 is 1.38 bits per heavy atom. The van der Waals surface area contributed by atoms with Crippen LogP contribution in [0, 0.1) is 10.1 Å². The van der Waals surface area contributed by atoms with Crippen LogP contribution in [0.3, 0.4) is 0 Å². The Morgan fingerprint density at radius 3 is 2.71 bits per heavy atom. The Kier molecular flexibility index (Phi) is 4.54. The van der Waals surface area contributed by atoms with Crippen LogP contribution in [0.5, 0.6) is 0 Å². The molecule has 7 nitrogen and oxygen atoms in total. The molecule has 2 heterocycles. The smallest absolute Gasteiger partial charge is 0.311 e. The van der Waals surface area contributed by atoms with Crippen LogP contribution < -0.4 is 10.2 Å². The third-order valence-corrected chi connectivity index (χ3v) is 3.10. The number of nitrogens with one attached hydrogen (secondary N) is 1. The summed E-state index contributed by atoms with van der Waals surface area (Å²) in [4.78, 5) is 20.6. The first-order valence-electron chi connectivity index (χ1n) is 6.16. The van der Waals surface area contributed by atoms with Crippen LogP contribution in [-0.4, -0.2) is 29.0 Å². The molecule has 0 amide bonds. The summed E-state index contributed by atoms with van der Waals surface area (Å²) in [6.45, 7) is 0.436. The summed E-state index contributed by atoms with van der Waals surface area (Å²) < 4.78 is 0. The van der Waals surface area contributed by atoms with E-state index in [1.807, 2.05) is 6.07 Å². The van der Waals surface area contributed by atoms with E-state index in [1.165, 1.54) is 6.07 Å². The van der Waals surface area contributed by atoms with Crippen molar-refractivity contribution in [3.8, 4) is 0 Å². The van der Waals surface area contributed by atoms with Gasteiger partial charge in [0.25, 0.3) is 0 Å². The van der Waals surface area contributed by atoms with Crippen LogP contribution >= 0.6 is 11.6 Å². The van der Waals surface area contributed by atoms with Crippen molar-refractivity contribution >= 4 is 28.9 Å². The van der Waals surface area contributed by atoms with E-state index >= 15 is 0 Å². The summed E-state index contributed by atoms with van der Waals surface area (Å²) in [5.74, 6) is 0.860. The summed E-state index contributed by atoms with van der Waals surface area (Å²) in [5, 5.41) is 14.4. The number of rotatable bonds is 5. The second kappa shape index (κ2) is 6.36. The maximum atomic E-state index is 11.1. The fourth-order valence-electron chi connectivity index (χ4n) is 1.85. The Hall–Kier alpha value is -2.41. The molecule has 0 radical (unpaired) electrons. The Balaban J connectivity index is 2.30. The number of halogens is 1. The molecule has 0 aromatic carbocycles. The second-order valence-corrected chi connectivity index (χ2v) is 4.78. The van der Waals surface area contributed by atoms with Gasteiger partial charge in [0.1, 0.15) is 11.0 Å². The van der Waals surface area contributed by atoms with E-state index in [2.05, 4.69) is 15.3 Å². The number of hydrogen-bond donors (Lipinski definition) is 1. The van der Waals surface area contributed by atoms with Crippen LogP contribution in [0.4, 0.5) is 17.3 Å². The molecule has 2 aromatic rings. The highest BCUT2D eigenvalue weighted by atomic mass is 35.5. The minimum atomic E-state index is -0.446. The number of anilines is 2. The lowest BCUT2D eigenvalue weighted by Gasteiger charge is -2.18. The van der Waals surface area contributed by atoms with E-state index in [9.17, 15) is 10.1 Å². The van der Waals surface area contributed by atoms with Crippen molar-refractivity contribution in [1.29, 1.82) is 0 Å². The van der Waals surface area contributed by atoms with Crippen molar-refractivity contribution in [3.63, 3.8) is 0 Å². The fourth-order valence-corrected chi connectivity index (χ4v) is 1.96. The van der Waals surface area contributed by atoms with Crippen LogP contribution in [0.25, 0.3) is 0 Å². The molecule has 2 aromatic heterocycles. The topological polar surface area (TPSA) is 84.2 Å². The minimum absolute atomic E-state index is 0.0431. The monoisotopic (exact) mass is 307 g/mol. The molecule has 0 bridgehead atoms. The highest BCUT2D eigenvalue weighted by Crippen LogP contribution is 2.27. The third kappa shape index (κ3) is 3.57. The molecule has 0 spiro atoms. The van der Waals surface area contributed by atoms with E-state index in [0.717, 1.165) is 5.56 Å². The zero-order chi connectivity index (χ0) is 15.4. The zero-order valence-electron chi connectivity index (χ0n) is 11.6. The fraction of sp³-hybridized carbons (Fsp3) is 0.231. The van der Waals surface area contributed by atoms with Gasteiger partial charge in [0, 0.05) is 32.9 Å². The molecule has 110 valence electrons. The number of hydrogen-bond acceptors (Lipinski definition) is 6. The van der Waals surface area contributed by atoms with Gasteiger partial charge >= 0.3 is 5.69 Å². The van der Waals surface area contributed by atoms with Crippen LogP contribution in [0.2, 0.25) is 5.15 Å². The summed E-state index contributed by atoms with van der Waals surface area (Å²) in [5.41, 5.74) is 0.839. The molecule has 0 saturated carbocycles. The molecule has 0 fully saturated rings. The lowest BCUT2D eigenvalue weighted by molar-refractivity contribution is -0.384. The maximum Gasteiger partial charge on any atom is 0.311 e. The first-order chi connectivity index (χ1) is 10.0. The van der Waals surface area contributed by atoms with E-state index in [4.69, 9.17) is 11.6 Å². The van der Waals surface area contributed by atoms with E-state index in [-0.39, 0.29) is 5.69 Å². The molecule has 1 N–H and O–H groups in total. The van der Waals surface area contributed by atoms with Gasteiger partial charge in [0.2, 0.25) is 5.82 Å². The molecule has 0 atom stereocenters. The van der Waals surface area contributed by atoms with Crippen molar-refractivity contribution < 1.29 is 4.92 Å². The van der Waals surface area contributed by atoms with Gasteiger partial charge in [-0.3, -0.25) is 10.1 Å². The molecule has 2 rings (SSSR count). The molecule has 0 aliphatic heterocycles. The van der Waals surface area contributed by atoms with Crippen molar-refractivity contribution in [3.05, 3.63) is 51.3 Å². The van der Waals surface area contributed by atoms with Gasteiger partial charge in [0.05, 0.1) is 4.92 Å². The minimum Gasteiger partial charge on any atom is -0.373 e. The van der Waals surface area contributed by atoms with Gasteiger partial charge in [-0.2, -0.15) is 0 Å². The first kappa shape index (κ1) is 15.0. The SMILES string of the molecule is CNc1ccc([N+](=O)[O-])c(N(C)Cc2ccc(Cl)nc2)n1. The molecule has 8 heteroatoms. The quantitative estimate of drug-likeness (QED) is 0.519. The van der Waals surface area contributed by atoms with Gasteiger partial charge in [-0.1, -0.05) is 17.7 Å². The van der Waals surface area contributed by atoms with E-state index < -0.39 is 4.92 Å². The molecule has 21 heavy (non-hydrogen) atoms. The first-order valence-corrected chi connectivity index (χ1v) is 6.54. The number of nitro groups is 1. The Bertz CT molecular complexity index is 648. The highest BCUT2D eigenvalue weighted by Gasteiger charge is 2.19. The maximum absolute atomic E-state index is 11.1. The number of aromatic nitrogens is 2. The Labute approximate surface area is 126 Å². The number of nitrogens with zero attached hydrogens (tertiary/aromatic N) is 4. The average Bonchev–Trinajstić information content (AvgIpc) is 2.48. The van der Waals surface area contributed by atoms with Gasteiger partial charge in [0.15, 0.2) is 0 Å². The predicted octanol–water partition coefficient (Wildman–Crippen LogP) is 2.72. The van der Waals surface area contributed by atoms with Crippen LogP contribution in [0.1, 0.15) is 5.56 Å². The van der Waals surface area contributed by atoms with Crippen molar-refractivity contribution in [2.75, 3.05) is 24.3 Å². The predicted molar refractivity (Wildman–Crippen MR) is 81.8 cm³/mol. The molecule has 0 unspecified atom stereocenters. The van der Waals surface area contributed by atoms with Crippen molar-refractivity contribution in [1.82, 2.24) is 9.97 Å². The molecular weight excluding hydrogens is 294 g/mol. The van der Waals surface area contributed by atoms with Gasteiger partial charge < -0.3 is 10.2 Å². The zero-order valence-corrected chi connectivity index (χ0v) is 12.3. The van der Waals surface area contributed by atoms with E-state index in [1.54, 1.807) is 37.3 Å². The molecule has 0 saturated heterocycles.